The van der Waals surface area contributed by atoms with Crippen LogP contribution in [0.3, 0.4) is 0 Å². The molecule has 5 rings (SSSR count). The van der Waals surface area contributed by atoms with Gasteiger partial charge in [0.2, 0.25) is 11.9 Å². The van der Waals surface area contributed by atoms with Gasteiger partial charge in [-0.3, -0.25) is 9.29 Å². The molecule has 4 aromatic heterocycles. The molecule has 0 spiro atoms. The molecule has 4 aromatic rings. The fourth-order valence-electron chi connectivity index (χ4n) is 3.67. The third-order valence-electron chi connectivity index (χ3n) is 5.34. The number of rotatable bonds is 3. The molecule has 0 aromatic carbocycles. The molecule has 5 heterocycles. The number of thiophene rings is 1. The maximum absolute atomic E-state index is 13.1. The molecular formula is C20H19ClN8OS2. The van der Waals surface area contributed by atoms with Gasteiger partial charge in [0.25, 0.3) is 0 Å². The van der Waals surface area contributed by atoms with Crippen LogP contribution in [0.4, 0.5) is 0 Å². The summed E-state index contributed by atoms with van der Waals surface area (Å²) in [5.41, 5.74) is 6.65. The zero-order chi connectivity index (χ0) is 22.7. The van der Waals surface area contributed by atoms with Gasteiger partial charge in [0.15, 0.2) is 0 Å². The van der Waals surface area contributed by atoms with Crippen LogP contribution in [0.15, 0.2) is 48.1 Å². The minimum absolute atomic E-state index is 0.174. The lowest BCUT2D eigenvalue weighted by atomic mass is 10.0. The maximum Gasteiger partial charge on any atom is 0.250 e. The highest BCUT2D eigenvalue weighted by Gasteiger charge is 2.40. The predicted molar refractivity (Wildman–Crippen MR) is 130 cm³/mol. The van der Waals surface area contributed by atoms with Crippen LogP contribution < -0.4 is 5.73 Å². The second kappa shape index (κ2) is 7.26. The van der Waals surface area contributed by atoms with Gasteiger partial charge in [-0.05, 0) is 24.9 Å². The standard InChI is InChI=1S/C20H19ClN8OS2/c1-20(11-32(3,30)28(2)18(22)27-20)17-14(21)13-5-7-23-15(16(13)31-17)12-9-24-19(25-10-12)29-8-4-6-26-29/h4-10H,3,11H2,1-2H3,(H2,22,27)/t20-,32?/m0/s1. The normalized spacial score (nSPS) is 23.5. The van der Waals surface area contributed by atoms with E-state index < -0.39 is 15.2 Å². The first-order valence-electron chi connectivity index (χ1n) is 9.54. The summed E-state index contributed by atoms with van der Waals surface area (Å²) in [5.74, 6) is 4.72. The monoisotopic (exact) mass is 486 g/mol. The average Bonchev–Trinajstić information content (AvgIpc) is 3.41. The van der Waals surface area contributed by atoms with E-state index in [9.17, 15) is 4.21 Å². The Bertz CT molecular complexity index is 1460. The van der Waals surface area contributed by atoms with Crippen LogP contribution in [0.25, 0.3) is 27.3 Å². The Kier molecular flexibility index (Phi) is 4.73. The topological polar surface area (TPSA) is 115 Å². The first-order chi connectivity index (χ1) is 15.2. The van der Waals surface area contributed by atoms with E-state index >= 15 is 0 Å². The summed E-state index contributed by atoms with van der Waals surface area (Å²) in [6.07, 6.45) is 8.54. The Balaban J connectivity index is 1.64. The van der Waals surface area contributed by atoms with Crippen LogP contribution in [0.5, 0.6) is 0 Å². The van der Waals surface area contributed by atoms with Gasteiger partial charge in [0, 0.05) is 49.0 Å². The molecule has 164 valence electrons. The minimum Gasteiger partial charge on any atom is -0.369 e. The van der Waals surface area contributed by atoms with Gasteiger partial charge in [-0.1, -0.05) is 11.6 Å². The first kappa shape index (κ1) is 20.9. The van der Waals surface area contributed by atoms with Crippen LogP contribution >= 0.6 is 22.9 Å². The zero-order valence-corrected chi connectivity index (χ0v) is 19.7. The maximum atomic E-state index is 13.1. The molecule has 1 unspecified atom stereocenters. The number of aliphatic imine (C=N–C) groups is 1. The number of hydrogen-bond donors (Lipinski definition) is 1. The molecule has 0 aliphatic carbocycles. The van der Waals surface area contributed by atoms with Crippen molar-refractivity contribution in [1.29, 1.82) is 0 Å². The van der Waals surface area contributed by atoms with Crippen molar-refractivity contribution in [1.82, 2.24) is 29.0 Å². The molecule has 12 heteroatoms. The van der Waals surface area contributed by atoms with E-state index in [2.05, 4.69) is 30.9 Å². The molecule has 2 atom stereocenters. The van der Waals surface area contributed by atoms with Crippen LogP contribution in [0.1, 0.15) is 11.8 Å². The van der Waals surface area contributed by atoms with E-state index in [1.54, 1.807) is 48.8 Å². The molecule has 0 saturated heterocycles. The van der Waals surface area contributed by atoms with E-state index in [0.717, 1.165) is 20.5 Å². The van der Waals surface area contributed by atoms with Gasteiger partial charge >= 0.3 is 0 Å². The number of guanidine groups is 1. The Morgan fingerprint density at radius 2 is 2.03 bits per heavy atom. The molecule has 2 N–H and O–H groups in total. The minimum atomic E-state index is -2.63. The summed E-state index contributed by atoms with van der Waals surface area (Å²) >= 11 is 8.27. The van der Waals surface area contributed by atoms with Gasteiger partial charge in [-0.2, -0.15) is 5.10 Å². The summed E-state index contributed by atoms with van der Waals surface area (Å²) in [7, 11) is -0.993. The molecular weight excluding hydrogens is 468 g/mol. The number of pyridine rings is 1. The summed E-state index contributed by atoms with van der Waals surface area (Å²) in [6, 6.07) is 3.66. The van der Waals surface area contributed by atoms with Gasteiger partial charge in [0.1, 0.15) is 5.54 Å². The predicted octanol–water partition coefficient (Wildman–Crippen LogP) is 2.70. The second-order valence-corrected chi connectivity index (χ2v) is 11.4. The summed E-state index contributed by atoms with van der Waals surface area (Å²) in [4.78, 5) is 18.8. The Morgan fingerprint density at radius 3 is 2.69 bits per heavy atom. The first-order valence-corrected chi connectivity index (χ1v) is 12.6. The fourth-order valence-corrected chi connectivity index (χ4v) is 7.25. The fraction of sp³-hybridized carbons (Fsp3) is 0.200. The van der Waals surface area contributed by atoms with Gasteiger partial charge in [-0.15, -0.1) is 11.3 Å². The van der Waals surface area contributed by atoms with Gasteiger partial charge in [0.05, 0.1) is 35.8 Å². The lowest BCUT2D eigenvalue weighted by Crippen LogP contribution is -2.50. The van der Waals surface area contributed by atoms with Crippen molar-refractivity contribution in [2.45, 2.75) is 12.5 Å². The molecule has 1 aliphatic rings. The SMILES string of the molecule is C=S1(=O)C[C@@](C)(c2sc3c(-c4cnc(-n5cccn5)nc4)nccc3c2Cl)N=C(N)N1C. The Hall–Kier alpha value is -3.02. The molecule has 0 fully saturated rings. The van der Waals surface area contributed by atoms with E-state index in [-0.39, 0.29) is 11.7 Å². The van der Waals surface area contributed by atoms with Crippen molar-refractivity contribution in [2.24, 2.45) is 10.7 Å². The van der Waals surface area contributed by atoms with Gasteiger partial charge < -0.3 is 5.73 Å². The van der Waals surface area contributed by atoms with E-state index in [1.807, 2.05) is 13.0 Å². The molecule has 0 bridgehead atoms. The van der Waals surface area contributed by atoms with E-state index in [4.69, 9.17) is 17.3 Å². The molecule has 32 heavy (non-hydrogen) atoms. The molecule has 0 amide bonds. The van der Waals surface area contributed by atoms with Crippen LogP contribution in [0.2, 0.25) is 5.02 Å². The van der Waals surface area contributed by atoms with Crippen molar-refractivity contribution in [3.8, 4) is 17.2 Å². The average molecular weight is 487 g/mol. The summed E-state index contributed by atoms with van der Waals surface area (Å²) < 4.78 is 16.9. The van der Waals surface area contributed by atoms with Crippen molar-refractivity contribution in [3.05, 3.63) is 53.0 Å². The van der Waals surface area contributed by atoms with Gasteiger partial charge in [-0.25, -0.2) is 23.9 Å². The van der Waals surface area contributed by atoms with E-state index in [1.165, 1.54) is 15.6 Å². The number of nitrogens with two attached hydrogens (primary N) is 1. The number of hydrogen-bond acceptors (Lipinski definition) is 8. The molecule has 0 saturated carbocycles. The Labute approximate surface area is 193 Å². The highest BCUT2D eigenvalue weighted by molar-refractivity contribution is 7.98. The zero-order valence-electron chi connectivity index (χ0n) is 17.3. The highest BCUT2D eigenvalue weighted by atomic mass is 35.5. The number of halogens is 1. The quantitative estimate of drug-likeness (QED) is 0.445. The number of fused-ring (bicyclic) bond motifs is 1. The second-order valence-electron chi connectivity index (χ2n) is 7.66. The smallest absolute Gasteiger partial charge is 0.250 e. The molecule has 0 radical (unpaired) electrons. The largest absolute Gasteiger partial charge is 0.369 e. The van der Waals surface area contributed by atoms with Crippen molar-refractivity contribution in [3.63, 3.8) is 0 Å². The highest BCUT2D eigenvalue weighted by Crippen LogP contribution is 2.46. The third kappa shape index (κ3) is 3.24. The molecule has 9 nitrogen and oxygen atoms in total. The lowest BCUT2D eigenvalue weighted by Gasteiger charge is -2.36. The van der Waals surface area contributed by atoms with Crippen molar-refractivity contribution >= 4 is 54.6 Å². The summed E-state index contributed by atoms with van der Waals surface area (Å²) in [5, 5.41) is 5.52. The Morgan fingerprint density at radius 1 is 1.28 bits per heavy atom. The van der Waals surface area contributed by atoms with Crippen molar-refractivity contribution < 1.29 is 4.21 Å². The van der Waals surface area contributed by atoms with Crippen LogP contribution in [-0.2, 0) is 15.2 Å². The molecule has 1 aliphatic heterocycles. The van der Waals surface area contributed by atoms with Crippen LogP contribution in [0, 0.1) is 0 Å². The van der Waals surface area contributed by atoms with Crippen molar-refractivity contribution in [2.75, 3.05) is 12.8 Å². The number of nitrogens with zero attached hydrogens (tertiary/aromatic N) is 7. The van der Waals surface area contributed by atoms with E-state index in [0.29, 0.717) is 16.7 Å². The summed E-state index contributed by atoms with van der Waals surface area (Å²) in [6.45, 7) is 1.88. The lowest BCUT2D eigenvalue weighted by molar-refractivity contribution is 0.522. The van der Waals surface area contributed by atoms with Crippen LogP contribution in [-0.4, -0.2) is 57.9 Å². The third-order valence-corrected chi connectivity index (χ3v) is 9.51. The number of aromatic nitrogens is 5.